The molecule has 2 rings (SSSR count). The van der Waals surface area contributed by atoms with Gasteiger partial charge in [-0.1, -0.05) is 12.1 Å². The highest BCUT2D eigenvalue weighted by molar-refractivity contribution is 7.89. The standard InChI is InChI=1S/C13H13FN2O3S/c1-8-5-6-9(14)7-11(8)19-10-3-2-4-12(13(10)15)20(16,17)18/h2-7H,15H2,1H3,(H2,16,17,18). The first kappa shape index (κ1) is 14.3. The molecule has 0 radical (unpaired) electrons. The van der Waals surface area contributed by atoms with Gasteiger partial charge in [-0.15, -0.1) is 0 Å². The number of hydrogen-bond donors (Lipinski definition) is 2. The van der Waals surface area contributed by atoms with Gasteiger partial charge in [0.2, 0.25) is 10.0 Å². The Labute approximate surface area is 116 Å². The van der Waals surface area contributed by atoms with Crippen LogP contribution in [0.3, 0.4) is 0 Å². The van der Waals surface area contributed by atoms with Crippen LogP contribution in [0.5, 0.6) is 11.5 Å². The summed E-state index contributed by atoms with van der Waals surface area (Å²) in [5.74, 6) is -0.111. The third kappa shape index (κ3) is 2.89. The summed E-state index contributed by atoms with van der Waals surface area (Å²) < 4.78 is 41.4. The van der Waals surface area contributed by atoms with E-state index < -0.39 is 15.8 Å². The molecule has 0 fully saturated rings. The summed E-state index contributed by atoms with van der Waals surface area (Å²) in [7, 11) is -3.95. The van der Waals surface area contributed by atoms with Crippen molar-refractivity contribution in [1.29, 1.82) is 0 Å². The van der Waals surface area contributed by atoms with Crippen LogP contribution in [0.1, 0.15) is 5.56 Å². The first-order chi connectivity index (χ1) is 9.29. The molecule has 4 N–H and O–H groups in total. The Morgan fingerprint density at radius 3 is 2.50 bits per heavy atom. The minimum atomic E-state index is -3.95. The molecule has 7 heteroatoms. The van der Waals surface area contributed by atoms with Gasteiger partial charge >= 0.3 is 0 Å². The van der Waals surface area contributed by atoms with Gasteiger partial charge < -0.3 is 10.5 Å². The van der Waals surface area contributed by atoms with Gasteiger partial charge in [0.05, 0.1) is 5.69 Å². The molecule has 106 valence electrons. The Bertz CT molecular complexity index is 760. The Hall–Kier alpha value is -2.12. The summed E-state index contributed by atoms with van der Waals surface area (Å²) in [6, 6.07) is 8.24. The number of halogens is 1. The number of aryl methyl sites for hydroxylation is 1. The number of sulfonamides is 1. The van der Waals surface area contributed by atoms with Crippen molar-refractivity contribution in [3.8, 4) is 11.5 Å². The van der Waals surface area contributed by atoms with E-state index in [9.17, 15) is 12.8 Å². The van der Waals surface area contributed by atoms with E-state index >= 15 is 0 Å². The zero-order chi connectivity index (χ0) is 14.9. The summed E-state index contributed by atoms with van der Waals surface area (Å²) in [5, 5.41) is 5.05. The van der Waals surface area contributed by atoms with E-state index in [0.29, 0.717) is 5.56 Å². The summed E-state index contributed by atoms with van der Waals surface area (Å²) in [4.78, 5) is -0.232. The SMILES string of the molecule is Cc1ccc(F)cc1Oc1cccc(S(N)(=O)=O)c1N. The highest BCUT2D eigenvalue weighted by Gasteiger charge is 2.16. The van der Waals surface area contributed by atoms with Crippen LogP contribution in [0.25, 0.3) is 0 Å². The van der Waals surface area contributed by atoms with Crippen molar-refractivity contribution in [1.82, 2.24) is 0 Å². The van der Waals surface area contributed by atoms with Gasteiger partial charge in [-0.3, -0.25) is 0 Å². The van der Waals surface area contributed by atoms with Crippen LogP contribution in [0.2, 0.25) is 0 Å². The van der Waals surface area contributed by atoms with Crippen molar-refractivity contribution < 1.29 is 17.5 Å². The largest absolute Gasteiger partial charge is 0.455 e. The number of ether oxygens (including phenoxy) is 1. The maximum absolute atomic E-state index is 13.2. The number of rotatable bonds is 3. The van der Waals surface area contributed by atoms with Gasteiger partial charge in [-0.05, 0) is 30.7 Å². The average molecular weight is 296 g/mol. The minimum absolute atomic E-state index is 0.102. The van der Waals surface area contributed by atoms with Crippen LogP contribution in [-0.2, 0) is 10.0 Å². The molecule has 0 saturated heterocycles. The normalized spacial score (nSPS) is 11.3. The molecule has 0 saturated carbocycles. The molecule has 0 aliphatic rings. The van der Waals surface area contributed by atoms with Crippen LogP contribution in [0.15, 0.2) is 41.3 Å². The summed E-state index contributed by atoms with van der Waals surface area (Å²) >= 11 is 0. The van der Waals surface area contributed by atoms with Crippen molar-refractivity contribution in [2.45, 2.75) is 11.8 Å². The summed E-state index contributed by atoms with van der Waals surface area (Å²) in [5.41, 5.74) is 6.30. The molecule has 5 nitrogen and oxygen atoms in total. The number of nitrogens with two attached hydrogens (primary N) is 2. The van der Waals surface area contributed by atoms with E-state index in [-0.39, 0.29) is 22.1 Å². The third-order valence-electron chi connectivity index (χ3n) is 2.70. The fourth-order valence-corrected chi connectivity index (χ4v) is 2.34. The molecule has 2 aromatic carbocycles. The molecule has 0 amide bonds. The maximum atomic E-state index is 13.2. The topological polar surface area (TPSA) is 95.4 Å². The van der Waals surface area contributed by atoms with Crippen LogP contribution < -0.4 is 15.6 Å². The van der Waals surface area contributed by atoms with Crippen molar-refractivity contribution in [3.05, 3.63) is 47.8 Å². The number of primary sulfonamides is 1. The van der Waals surface area contributed by atoms with Gasteiger partial charge in [-0.25, -0.2) is 17.9 Å². The summed E-state index contributed by atoms with van der Waals surface area (Å²) in [6.07, 6.45) is 0. The highest BCUT2D eigenvalue weighted by atomic mass is 32.2. The molecule has 0 atom stereocenters. The van der Waals surface area contributed by atoms with E-state index in [1.54, 1.807) is 13.0 Å². The molecule has 0 heterocycles. The molecule has 2 aromatic rings. The lowest BCUT2D eigenvalue weighted by atomic mass is 10.2. The number of benzene rings is 2. The quantitative estimate of drug-likeness (QED) is 0.848. The molecular formula is C13H13FN2O3S. The van der Waals surface area contributed by atoms with Gasteiger partial charge in [0.15, 0.2) is 5.75 Å². The van der Waals surface area contributed by atoms with Crippen LogP contribution in [0.4, 0.5) is 10.1 Å². The highest BCUT2D eigenvalue weighted by Crippen LogP contribution is 2.33. The predicted molar refractivity (Wildman–Crippen MR) is 73.4 cm³/mol. The van der Waals surface area contributed by atoms with Crippen LogP contribution >= 0.6 is 0 Å². The average Bonchev–Trinajstić information content (AvgIpc) is 2.35. The molecular weight excluding hydrogens is 283 g/mol. The van der Waals surface area contributed by atoms with Crippen molar-refractivity contribution in [3.63, 3.8) is 0 Å². The number of para-hydroxylation sites is 1. The number of anilines is 1. The van der Waals surface area contributed by atoms with E-state index in [4.69, 9.17) is 15.6 Å². The van der Waals surface area contributed by atoms with Crippen LogP contribution in [0, 0.1) is 12.7 Å². The van der Waals surface area contributed by atoms with E-state index in [1.807, 2.05) is 0 Å². The van der Waals surface area contributed by atoms with E-state index in [1.165, 1.54) is 30.3 Å². The van der Waals surface area contributed by atoms with Gasteiger partial charge in [0, 0.05) is 6.07 Å². The number of hydrogen-bond acceptors (Lipinski definition) is 4. The second kappa shape index (κ2) is 5.10. The zero-order valence-electron chi connectivity index (χ0n) is 10.6. The zero-order valence-corrected chi connectivity index (χ0v) is 11.4. The summed E-state index contributed by atoms with van der Waals surface area (Å²) in [6.45, 7) is 1.73. The van der Waals surface area contributed by atoms with Crippen molar-refractivity contribution >= 4 is 15.7 Å². The lowest BCUT2D eigenvalue weighted by Crippen LogP contribution is -2.14. The molecule has 0 bridgehead atoms. The minimum Gasteiger partial charge on any atom is -0.455 e. The lowest BCUT2D eigenvalue weighted by Gasteiger charge is -2.12. The Kier molecular flexibility index (Phi) is 3.65. The predicted octanol–water partition coefficient (Wildman–Crippen LogP) is 2.16. The molecule has 0 aliphatic heterocycles. The molecule has 0 spiro atoms. The first-order valence-corrected chi connectivity index (χ1v) is 7.19. The second-order valence-corrected chi connectivity index (χ2v) is 5.75. The fraction of sp³-hybridized carbons (Fsp3) is 0.0769. The molecule has 20 heavy (non-hydrogen) atoms. The van der Waals surface area contributed by atoms with Gasteiger partial charge in [0.25, 0.3) is 0 Å². The second-order valence-electron chi connectivity index (χ2n) is 4.22. The van der Waals surface area contributed by atoms with Gasteiger partial charge in [0.1, 0.15) is 16.5 Å². The monoisotopic (exact) mass is 296 g/mol. The van der Waals surface area contributed by atoms with E-state index in [0.717, 1.165) is 0 Å². The van der Waals surface area contributed by atoms with Crippen molar-refractivity contribution in [2.75, 3.05) is 5.73 Å². The Balaban J connectivity index is 2.47. The van der Waals surface area contributed by atoms with Crippen LogP contribution in [-0.4, -0.2) is 8.42 Å². The molecule has 0 aliphatic carbocycles. The van der Waals surface area contributed by atoms with E-state index in [2.05, 4.69) is 0 Å². The maximum Gasteiger partial charge on any atom is 0.240 e. The third-order valence-corrected chi connectivity index (χ3v) is 3.67. The lowest BCUT2D eigenvalue weighted by molar-refractivity contribution is 0.473. The fourth-order valence-electron chi connectivity index (χ4n) is 1.66. The van der Waals surface area contributed by atoms with Crippen molar-refractivity contribution in [2.24, 2.45) is 5.14 Å². The van der Waals surface area contributed by atoms with Gasteiger partial charge in [-0.2, -0.15) is 0 Å². The molecule has 0 unspecified atom stereocenters. The Morgan fingerprint density at radius 2 is 1.85 bits per heavy atom. The Morgan fingerprint density at radius 1 is 1.15 bits per heavy atom. The smallest absolute Gasteiger partial charge is 0.240 e. The molecule has 0 aromatic heterocycles. The number of nitrogen functional groups attached to an aromatic ring is 1. The first-order valence-electron chi connectivity index (χ1n) is 5.64.